The third kappa shape index (κ3) is 3.08. The van der Waals surface area contributed by atoms with Gasteiger partial charge in [-0.2, -0.15) is 0 Å². The maximum absolute atomic E-state index is 13.1. The summed E-state index contributed by atoms with van der Waals surface area (Å²) in [5.41, 5.74) is 2.36. The summed E-state index contributed by atoms with van der Waals surface area (Å²) >= 11 is 1.58. The fourth-order valence-electron chi connectivity index (χ4n) is 4.10. The topological polar surface area (TPSA) is 120 Å². The highest BCUT2D eigenvalue weighted by molar-refractivity contribution is 7.15. The zero-order chi connectivity index (χ0) is 20.8. The number of anilines is 1. The molecule has 1 aromatic heterocycles. The Balaban J connectivity index is 1.38. The molecule has 4 amide bonds. The molecule has 3 aliphatic heterocycles. The first-order valence-electron chi connectivity index (χ1n) is 9.79. The molecule has 154 valence electrons. The minimum atomic E-state index is -0.964. The van der Waals surface area contributed by atoms with E-state index in [9.17, 15) is 19.2 Å². The van der Waals surface area contributed by atoms with Crippen molar-refractivity contribution in [2.45, 2.75) is 38.4 Å². The molecule has 0 bridgehead atoms. The Morgan fingerprint density at radius 2 is 2.03 bits per heavy atom. The largest absolute Gasteiger partial charge is 0.357 e. The first-order valence-corrected chi connectivity index (χ1v) is 10.6. The van der Waals surface area contributed by atoms with Crippen LogP contribution in [0.3, 0.4) is 0 Å². The SMILES string of the molecule is O=C1CCC(N2C(=O)c3cccc(CNc4nc5c(s4)CNCC5)c3C2=O)C(=O)N1. The van der Waals surface area contributed by atoms with Crippen LogP contribution >= 0.6 is 11.3 Å². The van der Waals surface area contributed by atoms with Crippen molar-refractivity contribution in [3.63, 3.8) is 0 Å². The molecule has 9 nitrogen and oxygen atoms in total. The highest BCUT2D eigenvalue weighted by Crippen LogP contribution is 2.31. The van der Waals surface area contributed by atoms with E-state index in [0.717, 1.165) is 35.2 Å². The number of thiazole rings is 1. The summed E-state index contributed by atoms with van der Waals surface area (Å²) in [6.45, 7) is 2.06. The van der Waals surface area contributed by atoms with Gasteiger partial charge in [0.05, 0.1) is 16.8 Å². The van der Waals surface area contributed by atoms with Gasteiger partial charge in [-0.15, -0.1) is 11.3 Å². The molecule has 4 heterocycles. The maximum atomic E-state index is 13.1. The summed E-state index contributed by atoms with van der Waals surface area (Å²) in [6, 6.07) is 4.15. The number of fused-ring (bicyclic) bond motifs is 2. The van der Waals surface area contributed by atoms with Crippen molar-refractivity contribution in [2.24, 2.45) is 0 Å². The van der Waals surface area contributed by atoms with Crippen molar-refractivity contribution in [3.05, 3.63) is 45.5 Å². The van der Waals surface area contributed by atoms with Crippen LogP contribution in [0, 0.1) is 0 Å². The van der Waals surface area contributed by atoms with E-state index < -0.39 is 23.8 Å². The second kappa shape index (κ2) is 7.29. The van der Waals surface area contributed by atoms with Gasteiger partial charge < -0.3 is 10.6 Å². The second-order valence-electron chi connectivity index (χ2n) is 7.46. The number of carbonyl (C=O) groups is 4. The summed E-state index contributed by atoms with van der Waals surface area (Å²) < 4.78 is 0. The lowest BCUT2D eigenvalue weighted by atomic mass is 10.0. The lowest BCUT2D eigenvalue weighted by Crippen LogP contribution is -2.54. The van der Waals surface area contributed by atoms with Crippen LogP contribution in [0.1, 0.15) is 49.7 Å². The van der Waals surface area contributed by atoms with Gasteiger partial charge in [-0.05, 0) is 18.1 Å². The number of aromatic nitrogens is 1. The van der Waals surface area contributed by atoms with Gasteiger partial charge in [0.2, 0.25) is 11.8 Å². The minimum absolute atomic E-state index is 0.0990. The Morgan fingerprint density at radius 3 is 2.83 bits per heavy atom. The molecule has 0 aliphatic carbocycles. The van der Waals surface area contributed by atoms with Crippen LogP contribution in [0.5, 0.6) is 0 Å². The summed E-state index contributed by atoms with van der Waals surface area (Å²) in [7, 11) is 0. The van der Waals surface area contributed by atoms with Crippen LogP contribution in [0.2, 0.25) is 0 Å². The lowest BCUT2D eigenvalue weighted by molar-refractivity contribution is -0.136. The number of rotatable bonds is 4. The molecule has 1 saturated heterocycles. The highest BCUT2D eigenvalue weighted by atomic mass is 32.1. The predicted octanol–water partition coefficient (Wildman–Crippen LogP) is 0.802. The first kappa shape index (κ1) is 18.9. The van der Waals surface area contributed by atoms with Gasteiger partial charge in [-0.3, -0.25) is 29.4 Å². The van der Waals surface area contributed by atoms with E-state index in [2.05, 4.69) is 20.9 Å². The van der Waals surface area contributed by atoms with E-state index in [-0.39, 0.29) is 24.3 Å². The predicted molar refractivity (Wildman–Crippen MR) is 108 cm³/mol. The zero-order valence-electron chi connectivity index (χ0n) is 16.0. The molecule has 0 saturated carbocycles. The van der Waals surface area contributed by atoms with E-state index in [1.165, 1.54) is 4.88 Å². The van der Waals surface area contributed by atoms with Gasteiger partial charge in [0.1, 0.15) is 6.04 Å². The van der Waals surface area contributed by atoms with Crippen molar-refractivity contribution >= 4 is 40.1 Å². The van der Waals surface area contributed by atoms with Gasteiger partial charge in [0.15, 0.2) is 5.13 Å². The molecule has 2 aromatic rings. The third-order valence-corrected chi connectivity index (χ3v) is 6.64. The van der Waals surface area contributed by atoms with Crippen LogP contribution in [0.25, 0.3) is 0 Å². The van der Waals surface area contributed by atoms with Crippen LogP contribution in [-0.2, 0) is 29.1 Å². The van der Waals surface area contributed by atoms with Crippen molar-refractivity contribution < 1.29 is 19.2 Å². The molecular formula is C20H19N5O4S. The number of amides is 4. The van der Waals surface area contributed by atoms with Gasteiger partial charge in [0, 0.05) is 37.4 Å². The number of carbonyl (C=O) groups excluding carboxylic acids is 4. The van der Waals surface area contributed by atoms with Crippen LogP contribution in [0.15, 0.2) is 18.2 Å². The third-order valence-electron chi connectivity index (χ3n) is 5.59. The van der Waals surface area contributed by atoms with E-state index in [0.29, 0.717) is 17.7 Å². The Bertz CT molecular complexity index is 1070. The maximum Gasteiger partial charge on any atom is 0.262 e. The Kier molecular flexibility index (Phi) is 4.59. The summed E-state index contributed by atoms with van der Waals surface area (Å²) in [5, 5.41) is 9.57. The van der Waals surface area contributed by atoms with Crippen molar-refractivity contribution in [3.8, 4) is 0 Å². The molecule has 3 aliphatic rings. The average molecular weight is 425 g/mol. The van der Waals surface area contributed by atoms with Crippen LogP contribution in [0.4, 0.5) is 5.13 Å². The first-order chi connectivity index (χ1) is 14.5. The number of hydrogen-bond acceptors (Lipinski definition) is 8. The van der Waals surface area contributed by atoms with E-state index in [1.54, 1.807) is 29.5 Å². The fraction of sp³-hybridized carbons (Fsp3) is 0.350. The number of imide groups is 2. The second-order valence-corrected chi connectivity index (χ2v) is 8.54. The molecule has 1 unspecified atom stereocenters. The normalized spacial score (nSPS) is 20.8. The van der Waals surface area contributed by atoms with E-state index in [1.807, 2.05) is 0 Å². The average Bonchev–Trinajstić information content (AvgIpc) is 3.26. The van der Waals surface area contributed by atoms with Crippen LogP contribution < -0.4 is 16.0 Å². The molecule has 1 fully saturated rings. The summed E-state index contributed by atoms with van der Waals surface area (Å²) in [4.78, 5) is 56.5. The number of piperidine rings is 1. The molecule has 0 radical (unpaired) electrons. The number of hydrogen-bond donors (Lipinski definition) is 3. The molecule has 10 heteroatoms. The van der Waals surface area contributed by atoms with Gasteiger partial charge in [-0.25, -0.2) is 4.98 Å². The molecule has 3 N–H and O–H groups in total. The Labute approximate surface area is 175 Å². The van der Waals surface area contributed by atoms with E-state index >= 15 is 0 Å². The minimum Gasteiger partial charge on any atom is -0.357 e. The molecule has 0 spiro atoms. The van der Waals surface area contributed by atoms with Crippen LogP contribution in [-0.4, -0.2) is 46.1 Å². The zero-order valence-corrected chi connectivity index (χ0v) is 16.8. The van der Waals surface area contributed by atoms with Crippen molar-refractivity contribution in [1.29, 1.82) is 0 Å². The number of nitrogens with zero attached hydrogens (tertiary/aromatic N) is 2. The monoisotopic (exact) mass is 425 g/mol. The van der Waals surface area contributed by atoms with Crippen molar-refractivity contribution in [2.75, 3.05) is 11.9 Å². The molecule has 1 aromatic carbocycles. The summed E-state index contributed by atoms with van der Waals surface area (Å²) in [5.74, 6) is -1.99. The lowest BCUT2D eigenvalue weighted by Gasteiger charge is -2.27. The molecular weight excluding hydrogens is 406 g/mol. The number of nitrogens with one attached hydrogen (secondary N) is 3. The Morgan fingerprint density at radius 1 is 1.17 bits per heavy atom. The fourth-order valence-corrected chi connectivity index (χ4v) is 5.08. The number of benzene rings is 1. The standard InChI is InChI=1S/C20H19N5O4S/c26-15-5-4-13(17(27)24-15)25-18(28)11-3-1-2-10(16(11)19(25)29)8-22-20-23-12-6-7-21-9-14(12)30-20/h1-3,13,21H,4-9H2,(H,22,23)(H,24,26,27). The molecule has 5 rings (SSSR count). The van der Waals surface area contributed by atoms with Gasteiger partial charge in [0.25, 0.3) is 11.8 Å². The quantitative estimate of drug-likeness (QED) is 0.620. The van der Waals surface area contributed by atoms with Gasteiger partial charge >= 0.3 is 0 Å². The van der Waals surface area contributed by atoms with Crippen molar-refractivity contribution in [1.82, 2.24) is 20.5 Å². The highest BCUT2D eigenvalue weighted by Gasteiger charge is 2.45. The molecule has 30 heavy (non-hydrogen) atoms. The Hall–Kier alpha value is -3.11. The van der Waals surface area contributed by atoms with E-state index in [4.69, 9.17) is 0 Å². The molecule has 1 atom stereocenters. The van der Waals surface area contributed by atoms with Gasteiger partial charge in [-0.1, -0.05) is 12.1 Å². The summed E-state index contributed by atoms with van der Waals surface area (Å²) in [6.07, 6.45) is 1.13. The smallest absolute Gasteiger partial charge is 0.262 e.